The molecule has 1 saturated heterocycles. The molecule has 128 valence electrons. The second-order valence-corrected chi connectivity index (χ2v) is 6.14. The van der Waals surface area contributed by atoms with Crippen molar-refractivity contribution in [1.82, 2.24) is 19.8 Å². The van der Waals surface area contributed by atoms with Crippen LogP contribution >= 0.6 is 0 Å². The van der Waals surface area contributed by atoms with E-state index in [2.05, 4.69) is 26.8 Å². The molecule has 1 aliphatic heterocycles. The highest BCUT2D eigenvalue weighted by molar-refractivity contribution is 5.67. The Labute approximate surface area is 143 Å². The number of likely N-dealkylation sites (N-methyl/N-ethyl adjacent to an activating group) is 1. The van der Waals surface area contributed by atoms with E-state index in [9.17, 15) is 0 Å². The maximum Gasteiger partial charge on any atom is 0.220 e. The quantitative estimate of drug-likeness (QED) is 0.815. The van der Waals surface area contributed by atoms with E-state index < -0.39 is 0 Å². The van der Waals surface area contributed by atoms with Crippen molar-refractivity contribution in [3.63, 3.8) is 0 Å². The van der Waals surface area contributed by atoms with Gasteiger partial charge in [-0.1, -0.05) is 12.1 Å². The standard InChI is InChI=1S/C18H25N5O/c1-22-10-12-23(13-11-22)9-4-14-24-17-6-3-2-5-15(17)16-7-8-20-18(19)21-16/h2-3,5-8H,4,9-14H2,1H3,(H2,19,20,21). The van der Waals surface area contributed by atoms with Crippen LogP contribution in [-0.4, -0.2) is 66.1 Å². The molecular weight excluding hydrogens is 302 g/mol. The lowest BCUT2D eigenvalue weighted by atomic mass is 10.1. The van der Waals surface area contributed by atoms with Gasteiger partial charge in [0.15, 0.2) is 0 Å². The van der Waals surface area contributed by atoms with Crippen molar-refractivity contribution in [2.24, 2.45) is 0 Å². The number of benzene rings is 1. The zero-order chi connectivity index (χ0) is 16.8. The van der Waals surface area contributed by atoms with E-state index in [1.54, 1.807) is 6.20 Å². The third-order valence-electron chi connectivity index (χ3n) is 4.31. The molecule has 1 aromatic heterocycles. The lowest BCUT2D eigenvalue weighted by Gasteiger charge is -2.32. The summed E-state index contributed by atoms with van der Waals surface area (Å²) >= 11 is 0. The minimum atomic E-state index is 0.275. The monoisotopic (exact) mass is 327 g/mol. The Kier molecular flexibility index (Phi) is 5.61. The number of aromatic nitrogens is 2. The summed E-state index contributed by atoms with van der Waals surface area (Å²) in [5.41, 5.74) is 7.43. The van der Waals surface area contributed by atoms with Crippen molar-refractivity contribution in [3.8, 4) is 17.0 Å². The number of hydrogen-bond acceptors (Lipinski definition) is 6. The number of nitrogens with zero attached hydrogens (tertiary/aromatic N) is 4. The summed E-state index contributed by atoms with van der Waals surface area (Å²) < 4.78 is 6.01. The van der Waals surface area contributed by atoms with Crippen molar-refractivity contribution < 1.29 is 4.74 Å². The molecule has 1 aliphatic rings. The molecule has 0 saturated carbocycles. The molecule has 1 aromatic carbocycles. The predicted octanol–water partition coefficient (Wildman–Crippen LogP) is 1.74. The summed E-state index contributed by atoms with van der Waals surface area (Å²) in [5, 5.41) is 0. The number of hydrogen-bond donors (Lipinski definition) is 1. The van der Waals surface area contributed by atoms with Crippen molar-refractivity contribution >= 4 is 5.95 Å². The normalized spacial score (nSPS) is 16.2. The van der Waals surface area contributed by atoms with Gasteiger partial charge in [0.05, 0.1) is 12.3 Å². The average Bonchev–Trinajstić information content (AvgIpc) is 2.61. The molecule has 6 nitrogen and oxygen atoms in total. The van der Waals surface area contributed by atoms with E-state index in [-0.39, 0.29) is 5.95 Å². The third-order valence-corrected chi connectivity index (χ3v) is 4.31. The number of nitrogen functional groups attached to an aromatic ring is 1. The molecule has 0 unspecified atom stereocenters. The van der Waals surface area contributed by atoms with Gasteiger partial charge in [-0.05, 0) is 31.7 Å². The Bertz CT molecular complexity index is 655. The molecule has 0 spiro atoms. The van der Waals surface area contributed by atoms with E-state index >= 15 is 0 Å². The number of nitrogens with two attached hydrogens (primary N) is 1. The van der Waals surface area contributed by atoms with E-state index in [4.69, 9.17) is 10.5 Å². The highest BCUT2D eigenvalue weighted by Gasteiger charge is 2.13. The molecule has 0 amide bonds. The highest BCUT2D eigenvalue weighted by atomic mass is 16.5. The summed E-state index contributed by atoms with van der Waals surface area (Å²) in [6.45, 7) is 6.37. The minimum absolute atomic E-state index is 0.275. The van der Waals surface area contributed by atoms with Gasteiger partial charge < -0.3 is 20.3 Å². The van der Waals surface area contributed by atoms with Gasteiger partial charge >= 0.3 is 0 Å². The van der Waals surface area contributed by atoms with Crippen LogP contribution < -0.4 is 10.5 Å². The topological polar surface area (TPSA) is 67.5 Å². The van der Waals surface area contributed by atoms with Crippen molar-refractivity contribution in [2.75, 3.05) is 52.1 Å². The van der Waals surface area contributed by atoms with Crippen molar-refractivity contribution in [1.29, 1.82) is 0 Å². The molecule has 1 fully saturated rings. The van der Waals surface area contributed by atoms with Crippen LogP contribution in [0.2, 0.25) is 0 Å². The first-order chi connectivity index (χ1) is 11.7. The largest absolute Gasteiger partial charge is 0.493 e. The number of ether oxygens (including phenoxy) is 1. The van der Waals surface area contributed by atoms with E-state index in [1.807, 2.05) is 30.3 Å². The van der Waals surface area contributed by atoms with Crippen LogP contribution in [-0.2, 0) is 0 Å². The molecule has 0 radical (unpaired) electrons. The summed E-state index contributed by atoms with van der Waals surface area (Å²) in [5.74, 6) is 1.12. The Morgan fingerprint density at radius 2 is 1.92 bits per heavy atom. The Hall–Kier alpha value is -2.18. The second-order valence-electron chi connectivity index (χ2n) is 6.14. The lowest BCUT2D eigenvalue weighted by Crippen LogP contribution is -2.44. The predicted molar refractivity (Wildman–Crippen MR) is 95.9 cm³/mol. The van der Waals surface area contributed by atoms with Gasteiger partial charge in [-0.2, -0.15) is 0 Å². The molecule has 0 atom stereocenters. The fourth-order valence-corrected chi connectivity index (χ4v) is 2.87. The molecule has 3 rings (SSSR count). The SMILES string of the molecule is CN1CCN(CCCOc2ccccc2-c2ccnc(N)n2)CC1. The zero-order valence-corrected chi connectivity index (χ0v) is 14.2. The van der Waals surface area contributed by atoms with Crippen LogP contribution in [0.1, 0.15) is 6.42 Å². The average molecular weight is 327 g/mol. The van der Waals surface area contributed by atoms with Crippen molar-refractivity contribution in [3.05, 3.63) is 36.5 Å². The third kappa shape index (κ3) is 4.43. The summed E-state index contributed by atoms with van der Waals surface area (Å²) in [6, 6.07) is 9.78. The van der Waals surface area contributed by atoms with E-state index in [0.29, 0.717) is 6.61 Å². The molecule has 24 heavy (non-hydrogen) atoms. The van der Waals surface area contributed by atoms with Gasteiger partial charge in [-0.15, -0.1) is 0 Å². The maximum absolute atomic E-state index is 6.01. The molecule has 2 N–H and O–H groups in total. The maximum atomic E-state index is 6.01. The lowest BCUT2D eigenvalue weighted by molar-refractivity contribution is 0.145. The van der Waals surface area contributed by atoms with Gasteiger partial charge in [0.25, 0.3) is 0 Å². The van der Waals surface area contributed by atoms with E-state index in [0.717, 1.165) is 56.2 Å². The number of rotatable bonds is 6. The zero-order valence-electron chi connectivity index (χ0n) is 14.2. The Morgan fingerprint density at radius 1 is 1.12 bits per heavy atom. The Balaban J connectivity index is 1.54. The fraction of sp³-hybridized carbons (Fsp3) is 0.444. The molecular formula is C18H25N5O. The van der Waals surface area contributed by atoms with Gasteiger partial charge in [-0.25, -0.2) is 9.97 Å². The van der Waals surface area contributed by atoms with Crippen LogP contribution in [0.3, 0.4) is 0 Å². The van der Waals surface area contributed by atoms with Crippen LogP contribution in [0, 0.1) is 0 Å². The first kappa shape index (κ1) is 16.7. The van der Waals surface area contributed by atoms with E-state index in [1.165, 1.54) is 0 Å². The van der Waals surface area contributed by atoms with Gasteiger partial charge in [0, 0.05) is 44.5 Å². The second kappa shape index (κ2) is 8.08. The van der Waals surface area contributed by atoms with Gasteiger partial charge in [0.2, 0.25) is 5.95 Å². The first-order valence-electron chi connectivity index (χ1n) is 8.44. The first-order valence-corrected chi connectivity index (χ1v) is 8.44. The van der Waals surface area contributed by atoms with Crippen LogP contribution in [0.15, 0.2) is 36.5 Å². The Morgan fingerprint density at radius 3 is 2.71 bits per heavy atom. The molecule has 2 aromatic rings. The minimum Gasteiger partial charge on any atom is -0.493 e. The fourth-order valence-electron chi connectivity index (χ4n) is 2.87. The van der Waals surface area contributed by atoms with Gasteiger partial charge in [0.1, 0.15) is 5.75 Å². The smallest absolute Gasteiger partial charge is 0.220 e. The van der Waals surface area contributed by atoms with Crippen LogP contribution in [0.25, 0.3) is 11.3 Å². The number of piperazine rings is 1. The molecule has 0 aliphatic carbocycles. The summed E-state index contributed by atoms with van der Waals surface area (Å²) in [6.07, 6.45) is 2.69. The highest BCUT2D eigenvalue weighted by Crippen LogP contribution is 2.28. The number of para-hydroxylation sites is 1. The summed E-state index contributed by atoms with van der Waals surface area (Å²) in [4.78, 5) is 13.1. The molecule has 2 heterocycles. The van der Waals surface area contributed by atoms with Crippen molar-refractivity contribution in [2.45, 2.75) is 6.42 Å². The molecule has 0 bridgehead atoms. The number of anilines is 1. The van der Waals surface area contributed by atoms with Crippen LogP contribution in [0.5, 0.6) is 5.75 Å². The van der Waals surface area contributed by atoms with Gasteiger partial charge in [-0.3, -0.25) is 0 Å². The summed E-state index contributed by atoms with van der Waals surface area (Å²) in [7, 11) is 2.18. The molecule has 6 heteroatoms. The van der Waals surface area contributed by atoms with Crippen LogP contribution in [0.4, 0.5) is 5.95 Å².